The van der Waals surface area contributed by atoms with Crippen LogP contribution >= 0.6 is 11.6 Å². The molecule has 0 radical (unpaired) electrons. The zero-order valence-electron chi connectivity index (χ0n) is 16.6. The van der Waals surface area contributed by atoms with Gasteiger partial charge < -0.3 is 14.7 Å². The molecule has 1 atom stereocenters. The number of nitrogens with zero attached hydrogens (tertiary/aromatic N) is 3. The Hall–Kier alpha value is -1.34. The van der Waals surface area contributed by atoms with Crippen LogP contribution in [0.2, 0.25) is 5.02 Å². The third kappa shape index (κ3) is 6.62. The summed E-state index contributed by atoms with van der Waals surface area (Å²) in [5.41, 5.74) is 0. The van der Waals surface area contributed by atoms with Gasteiger partial charge in [-0.05, 0) is 25.0 Å². The van der Waals surface area contributed by atoms with E-state index in [1.54, 1.807) is 12.1 Å². The number of carbonyl (C=O) groups is 1. The Morgan fingerprint density at radius 3 is 2.32 bits per heavy atom. The average molecular weight is 410 g/mol. The Kier molecular flexibility index (Phi) is 8.40. The molecule has 2 saturated heterocycles. The summed E-state index contributed by atoms with van der Waals surface area (Å²) in [6, 6.07) is 7.28. The number of aliphatic hydroxyl groups excluding tert-OH is 1. The number of amides is 1. The summed E-state index contributed by atoms with van der Waals surface area (Å²) in [5, 5.41) is 10.8. The Labute approximate surface area is 173 Å². The first-order valence-electron chi connectivity index (χ1n) is 10.4. The zero-order chi connectivity index (χ0) is 19.8. The van der Waals surface area contributed by atoms with E-state index in [-0.39, 0.29) is 12.5 Å². The monoisotopic (exact) mass is 409 g/mol. The minimum atomic E-state index is -0.568. The SMILES string of the molecule is O=C(CN1CCN(CC(O)COc2ccccc2Cl)CC1)N1CCCCCC1. The van der Waals surface area contributed by atoms with Crippen LogP contribution in [0.1, 0.15) is 25.7 Å². The normalized spacial score (nSPS) is 20.6. The number of hydrogen-bond acceptors (Lipinski definition) is 5. The van der Waals surface area contributed by atoms with Gasteiger partial charge in [-0.15, -0.1) is 0 Å². The van der Waals surface area contributed by atoms with Crippen LogP contribution in [-0.2, 0) is 4.79 Å². The molecule has 7 heteroatoms. The number of para-hydroxylation sites is 1. The van der Waals surface area contributed by atoms with E-state index in [0.29, 0.717) is 23.9 Å². The number of ether oxygens (including phenoxy) is 1. The molecular formula is C21H32ClN3O3. The lowest BCUT2D eigenvalue weighted by Crippen LogP contribution is -2.51. The lowest BCUT2D eigenvalue weighted by Gasteiger charge is -2.36. The number of benzene rings is 1. The summed E-state index contributed by atoms with van der Waals surface area (Å²) in [5.74, 6) is 0.864. The van der Waals surface area contributed by atoms with Crippen molar-refractivity contribution in [3.05, 3.63) is 29.3 Å². The van der Waals surface area contributed by atoms with Gasteiger partial charge in [0.2, 0.25) is 5.91 Å². The molecule has 0 spiro atoms. The lowest BCUT2D eigenvalue weighted by atomic mass is 10.2. The van der Waals surface area contributed by atoms with E-state index in [0.717, 1.165) is 52.1 Å². The van der Waals surface area contributed by atoms with Gasteiger partial charge in [-0.3, -0.25) is 14.6 Å². The third-order valence-corrected chi connectivity index (χ3v) is 5.83. The minimum absolute atomic E-state index is 0.220. The van der Waals surface area contributed by atoms with Crippen molar-refractivity contribution in [3.63, 3.8) is 0 Å². The second-order valence-corrected chi connectivity index (χ2v) is 8.17. The topological polar surface area (TPSA) is 56.3 Å². The predicted octanol–water partition coefficient (Wildman–Crippen LogP) is 2.10. The summed E-state index contributed by atoms with van der Waals surface area (Å²) in [4.78, 5) is 19.0. The van der Waals surface area contributed by atoms with Crippen LogP contribution in [0, 0.1) is 0 Å². The van der Waals surface area contributed by atoms with Gasteiger partial charge in [-0.2, -0.15) is 0 Å². The van der Waals surface area contributed by atoms with Gasteiger partial charge in [-0.1, -0.05) is 36.6 Å². The molecule has 0 aliphatic carbocycles. The van der Waals surface area contributed by atoms with Crippen LogP contribution in [0.5, 0.6) is 5.75 Å². The van der Waals surface area contributed by atoms with Gasteiger partial charge in [0.25, 0.3) is 0 Å². The maximum atomic E-state index is 12.5. The Morgan fingerprint density at radius 2 is 1.64 bits per heavy atom. The number of β-amino-alcohol motifs (C(OH)–C–C–N with tert-alkyl or cyclic N) is 1. The molecule has 0 saturated carbocycles. The number of likely N-dealkylation sites (tertiary alicyclic amines) is 1. The number of halogens is 1. The fourth-order valence-electron chi connectivity index (χ4n) is 3.84. The Bertz CT molecular complexity index is 615. The fraction of sp³-hybridized carbons (Fsp3) is 0.667. The van der Waals surface area contributed by atoms with E-state index < -0.39 is 6.10 Å². The van der Waals surface area contributed by atoms with Crippen LogP contribution in [0.4, 0.5) is 0 Å². The van der Waals surface area contributed by atoms with Crippen molar-refractivity contribution in [2.45, 2.75) is 31.8 Å². The van der Waals surface area contributed by atoms with Gasteiger partial charge in [0.05, 0.1) is 11.6 Å². The summed E-state index contributed by atoms with van der Waals surface area (Å²) >= 11 is 6.07. The van der Waals surface area contributed by atoms with Crippen LogP contribution in [-0.4, -0.2) is 90.8 Å². The first-order chi connectivity index (χ1) is 13.6. The highest BCUT2D eigenvalue weighted by Gasteiger charge is 2.23. The highest BCUT2D eigenvalue weighted by molar-refractivity contribution is 6.32. The molecular weight excluding hydrogens is 378 g/mol. The van der Waals surface area contributed by atoms with Gasteiger partial charge in [0.1, 0.15) is 18.5 Å². The van der Waals surface area contributed by atoms with E-state index >= 15 is 0 Å². The molecule has 2 fully saturated rings. The number of rotatable bonds is 7. The third-order valence-electron chi connectivity index (χ3n) is 5.52. The average Bonchev–Trinajstić information content (AvgIpc) is 2.98. The van der Waals surface area contributed by atoms with Crippen molar-refractivity contribution in [3.8, 4) is 5.75 Å². The van der Waals surface area contributed by atoms with Crippen LogP contribution in [0.15, 0.2) is 24.3 Å². The Balaban J connectivity index is 1.34. The van der Waals surface area contributed by atoms with Gasteiger partial charge in [0.15, 0.2) is 0 Å². The van der Waals surface area contributed by atoms with Gasteiger partial charge >= 0.3 is 0 Å². The summed E-state index contributed by atoms with van der Waals surface area (Å²) in [6.07, 6.45) is 4.18. The van der Waals surface area contributed by atoms with Crippen molar-refractivity contribution in [2.24, 2.45) is 0 Å². The molecule has 2 aliphatic rings. The van der Waals surface area contributed by atoms with Crippen molar-refractivity contribution >= 4 is 17.5 Å². The quantitative estimate of drug-likeness (QED) is 0.747. The van der Waals surface area contributed by atoms with E-state index in [2.05, 4.69) is 9.80 Å². The zero-order valence-corrected chi connectivity index (χ0v) is 17.3. The first-order valence-corrected chi connectivity index (χ1v) is 10.8. The maximum Gasteiger partial charge on any atom is 0.236 e. The molecule has 1 aromatic rings. The molecule has 156 valence electrons. The number of piperazine rings is 1. The maximum absolute atomic E-state index is 12.5. The number of carbonyl (C=O) groups excluding carboxylic acids is 1. The second kappa shape index (κ2) is 11.0. The molecule has 3 rings (SSSR count). The molecule has 0 aromatic heterocycles. The van der Waals surface area contributed by atoms with Gasteiger partial charge in [-0.25, -0.2) is 0 Å². The molecule has 2 aliphatic heterocycles. The van der Waals surface area contributed by atoms with Crippen molar-refractivity contribution < 1.29 is 14.6 Å². The number of aliphatic hydroxyl groups is 1. The summed E-state index contributed by atoms with van der Waals surface area (Å²) in [6.45, 7) is 6.57. The van der Waals surface area contributed by atoms with Crippen LogP contribution in [0.3, 0.4) is 0 Å². The van der Waals surface area contributed by atoms with Gasteiger partial charge in [0, 0.05) is 45.8 Å². The minimum Gasteiger partial charge on any atom is -0.489 e. The van der Waals surface area contributed by atoms with Crippen molar-refractivity contribution in [2.75, 3.05) is 59.0 Å². The van der Waals surface area contributed by atoms with E-state index in [4.69, 9.17) is 16.3 Å². The largest absolute Gasteiger partial charge is 0.489 e. The van der Waals surface area contributed by atoms with Crippen molar-refractivity contribution in [1.82, 2.24) is 14.7 Å². The molecule has 1 unspecified atom stereocenters. The molecule has 2 heterocycles. The highest BCUT2D eigenvalue weighted by atomic mass is 35.5. The van der Waals surface area contributed by atoms with E-state index in [1.165, 1.54) is 12.8 Å². The van der Waals surface area contributed by atoms with Crippen molar-refractivity contribution in [1.29, 1.82) is 0 Å². The molecule has 0 bridgehead atoms. The highest BCUT2D eigenvalue weighted by Crippen LogP contribution is 2.23. The van der Waals surface area contributed by atoms with E-state index in [9.17, 15) is 9.90 Å². The van der Waals surface area contributed by atoms with Crippen LogP contribution < -0.4 is 4.74 Å². The molecule has 1 aromatic carbocycles. The fourth-order valence-corrected chi connectivity index (χ4v) is 4.03. The molecule has 28 heavy (non-hydrogen) atoms. The molecule has 1 N–H and O–H groups in total. The standard InChI is InChI=1S/C21H32ClN3O3/c22-19-7-3-4-8-20(19)28-17-18(26)15-23-11-13-24(14-12-23)16-21(27)25-9-5-1-2-6-10-25/h3-4,7-8,18,26H,1-2,5-6,9-17H2. The Morgan fingerprint density at radius 1 is 1.00 bits per heavy atom. The predicted molar refractivity (Wildman–Crippen MR) is 111 cm³/mol. The smallest absolute Gasteiger partial charge is 0.236 e. The lowest BCUT2D eigenvalue weighted by molar-refractivity contribution is -0.132. The van der Waals surface area contributed by atoms with Crippen LogP contribution in [0.25, 0.3) is 0 Å². The molecule has 6 nitrogen and oxygen atoms in total. The summed E-state index contributed by atoms with van der Waals surface area (Å²) < 4.78 is 5.62. The first kappa shape index (κ1) is 21.4. The molecule has 1 amide bonds. The second-order valence-electron chi connectivity index (χ2n) is 7.77. The summed E-state index contributed by atoms with van der Waals surface area (Å²) in [7, 11) is 0. The number of hydrogen-bond donors (Lipinski definition) is 1. The van der Waals surface area contributed by atoms with E-state index in [1.807, 2.05) is 17.0 Å².